The molecule has 0 bridgehead atoms. The summed E-state index contributed by atoms with van der Waals surface area (Å²) in [4.78, 5) is 8.80. The highest BCUT2D eigenvalue weighted by Crippen LogP contribution is 2.37. The highest BCUT2D eigenvalue weighted by atomic mass is 16.3. The quantitative estimate of drug-likeness (QED) is 0.780. The Balaban J connectivity index is 1.61. The number of aromatic nitrogens is 3. The minimum absolute atomic E-state index is 0.0308. The lowest BCUT2D eigenvalue weighted by Crippen LogP contribution is -2.16. The van der Waals surface area contributed by atoms with Crippen molar-refractivity contribution in [2.24, 2.45) is 11.8 Å². The fraction of sp³-hybridized carbons (Fsp3) is 0.625. The normalized spacial score (nSPS) is 28.4. The standard InChI is InChI=1S/C16H22N4O2/c21-8-11-5-12(6-14(11)22)20-4-3-13-15(17-7-10-1-2-10)18-9-19-16(13)20/h3-4,9-12,14,21-22H,1-2,5-8H2,(H,17,18,19). The van der Waals surface area contributed by atoms with Gasteiger partial charge in [-0.25, -0.2) is 9.97 Å². The van der Waals surface area contributed by atoms with Gasteiger partial charge in [-0.05, 0) is 37.7 Å². The van der Waals surface area contributed by atoms with Gasteiger partial charge in [0, 0.05) is 31.3 Å². The first-order valence-corrected chi connectivity index (χ1v) is 8.10. The number of rotatable bonds is 5. The summed E-state index contributed by atoms with van der Waals surface area (Å²) in [5.74, 6) is 1.66. The van der Waals surface area contributed by atoms with Crippen LogP contribution in [0.1, 0.15) is 31.7 Å². The van der Waals surface area contributed by atoms with Crippen molar-refractivity contribution in [1.82, 2.24) is 14.5 Å². The molecule has 0 spiro atoms. The molecule has 0 aromatic carbocycles. The van der Waals surface area contributed by atoms with Crippen molar-refractivity contribution in [1.29, 1.82) is 0 Å². The van der Waals surface area contributed by atoms with E-state index in [2.05, 4.69) is 19.9 Å². The molecule has 0 aliphatic heterocycles. The zero-order chi connectivity index (χ0) is 15.1. The van der Waals surface area contributed by atoms with Crippen LogP contribution in [0, 0.1) is 11.8 Å². The summed E-state index contributed by atoms with van der Waals surface area (Å²) in [6.45, 7) is 1.02. The number of aliphatic hydroxyl groups is 2. The molecule has 2 aromatic rings. The van der Waals surface area contributed by atoms with Gasteiger partial charge in [-0.1, -0.05) is 0 Å². The van der Waals surface area contributed by atoms with E-state index < -0.39 is 6.10 Å². The largest absolute Gasteiger partial charge is 0.396 e. The minimum atomic E-state index is -0.429. The average Bonchev–Trinajstić information content (AvgIpc) is 3.13. The molecule has 0 radical (unpaired) electrons. The van der Waals surface area contributed by atoms with E-state index in [1.54, 1.807) is 6.33 Å². The Morgan fingerprint density at radius 3 is 2.86 bits per heavy atom. The highest BCUT2D eigenvalue weighted by Gasteiger charge is 2.34. The van der Waals surface area contributed by atoms with E-state index in [9.17, 15) is 10.2 Å². The zero-order valence-corrected chi connectivity index (χ0v) is 12.5. The van der Waals surface area contributed by atoms with E-state index in [0.29, 0.717) is 6.42 Å². The van der Waals surface area contributed by atoms with Crippen molar-refractivity contribution >= 4 is 16.9 Å². The summed E-state index contributed by atoms with van der Waals surface area (Å²) in [6.07, 6.45) is 7.28. The molecule has 4 rings (SSSR count). The Morgan fingerprint density at radius 1 is 1.27 bits per heavy atom. The summed E-state index contributed by atoms with van der Waals surface area (Å²) >= 11 is 0. The maximum atomic E-state index is 10.0. The maximum absolute atomic E-state index is 10.0. The molecule has 0 saturated heterocycles. The summed E-state index contributed by atoms with van der Waals surface area (Å²) in [6, 6.07) is 2.24. The molecule has 22 heavy (non-hydrogen) atoms. The molecule has 2 aromatic heterocycles. The van der Waals surface area contributed by atoms with Crippen LogP contribution in [0.3, 0.4) is 0 Å². The first kappa shape index (κ1) is 14.0. The molecule has 3 unspecified atom stereocenters. The van der Waals surface area contributed by atoms with Gasteiger partial charge in [-0.3, -0.25) is 0 Å². The van der Waals surface area contributed by atoms with Crippen LogP contribution >= 0.6 is 0 Å². The van der Waals surface area contributed by atoms with Crippen LogP contribution in [0.4, 0.5) is 5.82 Å². The second-order valence-electron chi connectivity index (χ2n) is 6.64. The van der Waals surface area contributed by atoms with Gasteiger partial charge < -0.3 is 20.1 Å². The van der Waals surface area contributed by atoms with Crippen molar-refractivity contribution in [2.45, 2.75) is 37.8 Å². The third-order valence-corrected chi connectivity index (χ3v) is 5.02. The van der Waals surface area contributed by atoms with E-state index in [-0.39, 0.29) is 18.6 Å². The van der Waals surface area contributed by atoms with Crippen LogP contribution in [0.5, 0.6) is 0 Å². The first-order chi connectivity index (χ1) is 10.8. The predicted octanol–water partition coefficient (Wildman–Crippen LogP) is 1.56. The number of fused-ring (bicyclic) bond motifs is 1. The molecule has 2 heterocycles. The molecule has 6 heteroatoms. The molecule has 2 aliphatic rings. The number of hydrogen-bond donors (Lipinski definition) is 3. The maximum Gasteiger partial charge on any atom is 0.145 e. The Kier molecular flexibility index (Phi) is 3.50. The smallest absolute Gasteiger partial charge is 0.145 e. The molecule has 2 saturated carbocycles. The van der Waals surface area contributed by atoms with Gasteiger partial charge in [0.2, 0.25) is 0 Å². The lowest BCUT2D eigenvalue weighted by Gasteiger charge is -2.13. The third kappa shape index (κ3) is 2.46. The number of anilines is 1. The van der Waals surface area contributed by atoms with Crippen molar-refractivity contribution in [2.75, 3.05) is 18.5 Å². The van der Waals surface area contributed by atoms with Crippen LogP contribution < -0.4 is 5.32 Å². The summed E-state index contributed by atoms with van der Waals surface area (Å²) < 4.78 is 2.12. The third-order valence-electron chi connectivity index (χ3n) is 5.02. The Bertz CT molecular complexity index is 667. The second kappa shape index (κ2) is 5.52. The molecule has 3 atom stereocenters. The van der Waals surface area contributed by atoms with Gasteiger partial charge in [0.25, 0.3) is 0 Å². The van der Waals surface area contributed by atoms with Crippen LogP contribution in [0.2, 0.25) is 0 Å². The number of nitrogens with zero attached hydrogens (tertiary/aromatic N) is 3. The summed E-state index contributed by atoms with van der Waals surface area (Å²) in [5.41, 5.74) is 0.907. The van der Waals surface area contributed by atoms with Gasteiger partial charge in [0.05, 0.1) is 11.5 Å². The van der Waals surface area contributed by atoms with Crippen molar-refractivity contribution in [3.05, 3.63) is 18.6 Å². The van der Waals surface area contributed by atoms with Gasteiger partial charge >= 0.3 is 0 Å². The van der Waals surface area contributed by atoms with Gasteiger partial charge in [-0.2, -0.15) is 0 Å². The summed E-state index contributed by atoms with van der Waals surface area (Å²) in [7, 11) is 0. The molecular weight excluding hydrogens is 280 g/mol. The van der Waals surface area contributed by atoms with Crippen molar-refractivity contribution < 1.29 is 10.2 Å². The highest BCUT2D eigenvalue weighted by molar-refractivity contribution is 5.87. The summed E-state index contributed by atoms with van der Waals surface area (Å²) in [5, 5.41) is 23.8. The Hall–Kier alpha value is -1.66. The van der Waals surface area contributed by atoms with Crippen molar-refractivity contribution in [3.63, 3.8) is 0 Å². The fourth-order valence-electron chi connectivity index (χ4n) is 3.47. The van der Waals surface area contributed by atoms with Gasteiger partial charge in [0.1, 0.15) is 17.8 Å². The van der Waals surface area contributed by atoms with Gasteiger partial charge in [-0.15, -0.1) is 0 Å². The fourth-order valence-corrected chi connectivity index (χ4v) is 3.47. The monoisotopic (exact) mass is 302 g/mol. The molecule has 0 amide bonds. The van der Waals surface area contributed by atoms with Crippen LogP contribution in [-0.2, 0) is 0 Å². The van der Waals surface area contributed by atoms with E-state index in [1.165, 1.54) is 12.8 Å². The molecular formula is C16H22N4O2. The molecule has 2 aliphatic carbocycles. The average molecular weight is 302 g/mol. The lowest BCUT2D eigenvalue weighted by molar-refractivity contribution is 0.0906. The van der Waals surface area contributed by atoms with Crippen molar-refractivity contribution in [3.8, 4) is 0 Å². The van der Waals surface area contributed by atoms with Crippen LogP contribution in [0.15, 0.2) is 18.6 Å². The van der Waals surface area contributed by atoms with E-state index in [1.807, 2.05) is 12.3 Å². The van der Waals surface area contributed by atoms with Crippen LogP contribution in [0.25, 0.3) is 11.0 Å². The number of aliphatic hydroxyl groups excluding tert-OH is 2. The van der Waals surface area contributed by atoms with Crippen LogP contribution in [-0.4, -0.2) is 44.0 Å². The number of hydrogen-bond acceptors (Lipinski definition) is 5. The SMILES string of the molecule is OCC1CC(n2ccc3c(NCC4CC4)ncnc32)CC1O. The Morgan fingerprint density at radius 2 is 2.14 bits per heavy atom. The molecule has 3 N–H and O–H groups in total. The van der Waals surface area contributed by atoms with Gasteiger partial charge in [0.15, 0.2) is 0 Å². The zero-order valence-electron chi connectivity index (χ0n) is 12.5. The lowest BCUT2D eigenvalue weighted by atomic mass is 10.1. The topological polar surface area (TPSA) is 83.2 Å². The van der Waals surface area contributed by atoms with E-state index in [0.717, 1.165) is 35.7 Å². The molecule has 2 fully saturated rings. The Labute approximate surface area is 129 Å². The second-order valence-corrected chi connectivity index (χ2v) is 6.64. The minimum Gasteiger partial charge on any atom is -0.396 e. The molecule has 6 nitrogen and oxygen atoms in total. The first-order valence-electron chi connectivity index (χ1n) is 8.10. The number of nitrogens with one attached hydrogen (secondary N) is 1. The van der Waals surface area contributed by atoms with E-state index in [4.69, 9.17) is 0 Å². The predicted molar refractivity (Wildman–Crippen MR) is 83.6 cm³/mol. The molecule has 118 valence electrons. The van der Waals surface area contributed by atoms with E-state index >= 15 is 0 Å².